The Bertz CT molecular complexity index is 288. The van der Waals surface area contributed by atoms with Crippen molar-refractivity contribution in [3.63, 3.8) is 0 Å². The van der Waals surface area contributed by atoms with Crippen LogP contribution in [0.4, 0.5) is 0 Å². The third kappa shape index (κ3) is 1.13. The number of nitrogens with zero attached hydrogens (tertiary/aromatic N) is 1. The van der Waals surface area contributed by atoms with E-state index in [0.717, 1.165) is 5.52 Å². The fourth-order valence-corrected chi connectivity index (χ4v) is 1.54. The molecule has 0 saturated carbocycles. The van der Waals surface area contributed by atoms with E-state index in [9.17, 15) is 0 Å². The van der Waals surface area contributed by atoms with Gasteiger partial charge in [-0.2, -0.15) is 0 Å². The van der Waals surface area contributed by atoms with Crippen molar-refractivity contribution in [2.24, 2.45) is 0 Å². The molecule has 1 nitrogen and oxygen atoms in total. The van der Waals surface area contributed by atoms with Gasteiger partial charge in [-0.05, 0) is 23.6 Å². The van der Waals surface area contributed by atoms with Crippen LogP contribution in [0.25, 0.3) is 10.2 Å². The van der Waals surface area contributed by atoms with Crippen molar-refractivity contribution in [1.29, 1.82) is 0 Å². The van der Waals surface area contributed by atoms with Gasteiger partial charge in [-0.15, -0.1) is 23.7 Å². The predicted molar refractivity (Wildman–Crippen MR) is 46.9 cm³/mol. The highest BCUT2D eigenvalue weighted by molar-refractivity contribution is 7.17. The summed E-state index contributed by atoms with van der Waals surface area (Å²) in [6.07, 6.45) is 1.81. The van der Waals surface area contributed by atoms with E-state index in [1.54, 1.807) is 11.3 Å². The summed E-state index contributed by atoms with van der Waals surface area (Å²) in [6, 6.07) is 6.06. The molecule has 0 fully saturated rings. The largest absolute Gasteiger partial charge is 0.255 e. The van der Waals surface area contributed by atoms with E-state index >= 15 is 0 Å². The zero-order valence-corrected chi connectivity index (χ0v) is 6.78. The molecule has 0 aliphatic carbocycles. The minimum Gasteiger partial charge on any atom is -0.255 e. The molecule has 2 aromatic rings. The molecule has 0 aliphatic heterocycles. The quantitative estimate of drug-likeness (QED) is 0.594. The molecule has 0 unspecified atom stereocenters. The van der Waals surface area contributed by atoms with Gasteiger partial charge in [0.2, 0.25) is 0 Å². The first-order valence-electron chi connectivity index (χ1n) is 2.75. The van der Waals surface area contributed by atoms with Crippen LogP contribution in [-0.2, 0) is 0 Å². The normalized spacial score (nSPS) is 9.20. The number of aromatic nitrogens is 1. The zero-order chi connectivity index (χ0) is 6.10. The topological polar surface area (TPSA) is 12.9 Å². The van der Waals surface area contributed by atoms with E-state index in [4.69, 9.17) is 0 Å². The molecule has 2 rings (SSSR count). The minimum absolute atomic E-state index is 0. The van der Waals surface area contributed by atoms with Crippen LogP contribution in [-0.4, -0.2) is 4.98 Å². The Hall–Kier alpha value is -0.600. The highest BCUT2D eigenvalue weighted by atomic mass is 35.5. The molecule has 10 heavy (non-hydrogen) atoms. The number of halogens is 1. The minimum atomic E-state index is 0. The molecule has 0 bridgehead atoms. The van der Waals surface area contributed by atoms with Gasteiger partial charge in [0.25, 0.3) is 0 Å². The Kier molecular flexibility index (Phi) is 2.25. The van der Waals surface area contributed by atoms with E-state index in [1.165, 1.54) is 4.70 Å². The van der Waals surface area contributed by atoms with Gasteiger partial charge in [0.15, 0.2) is 0 Å². The molecule has 0 aromatic carbocycles. The van der Waals surface area contributed by atoms with Crippen LogP contribution >= 0.6 is 23.7 Å². The Labute approximate surface area is 69.1 Å². The molecule has 0 atom stereocenters. The summed E-state index contributed by atoms with van der Waals surface area (Å²) in [5, 5.41) is 2.05. The number of thiophene rings is 1. The number of hydrogen-bond acceptors (Lipinski definition) is 2. The Morgan fingerprint density at radius 2 is 2.20 bits per heavy atom. The fraction of sp³-hybridized carbons (Fsp3) is 0. The van der Waals surface area contributed by atoms with Gasteiger partial charge in [-0.1, -0.05) is 0 Å². The van der Waals surface area contributed by atoms with E-state index in [0.29, 0.717) is 0 Å². The molecule has 2 aromatic heterocycles. The molecular weight excluding hydrogens is 166 g/mol. The molecule has 0 radical (unpaired) electrons. The summed E-state index contributed by atoms with van der Waals surface area (Å²) in [4.78, 5) is 4.15. The van der Waals surface area contributed by atoms with Crippen LogP contribution in [0.2, 0.25) is 0 Å². The van der Waals surface area contributed by atoms with Crippen molar-refractivity contribution in [3.8, 4) is 0 Å². The van der Waals surface area contributed by atoms with Gasteiger partial charge in [-0.25, -0.2) is 0 Å². The Morgan fingerprint density at radius 1 is 1.30 bits per heavy atom. The van der Waals surface area contributed by atoms with Crippen LogP contribution < -0.4 is 0 Å². The standard InChI is InChI=1S/C7H5NS.ClH/c1-2-7-6(8-4-1)3-5-9-7;/h1-5H;1H. The van der Waals surface area contributed by atoms with E-state index in [1.807, 2.05) is 18.3 Å². The smallest absolute Gasteiger partial charge is 0.0809 e. The van der Waals surface area contributed by atoms with E-state index in [2.05, 4.69) is 16.4 Å². The van der Waals surface area contributed by atoms with Crippen molar-refractivity contribution >= 4 is 34.0 Å². The predicted octanol–water partition coefficient (Wildman–Crippen LogP) is 2.72. The number of rotatable bonds is 0. The highest BCUT2D eigenvalue weighted by Crippen LogP contribution is 2.16. The van der Waals surface area contributed by atoms with Crippen molar-refractivity contribution in [2.75, 3.05) is 0 Å². The summed E-state index contributed by atoms with van der Waals surface area (Å²) >= 11 is 1.72. The second kappa shape index (κ2) is 2.99. The van der Waals surface area contributed by atoms with Crippen LogP contribution in [0.1, 0.15) is 0 Å². The first-order valence-corrected chi connectivity index (χ1v) is 3.63. The lowest BCUT2D eigenvalue weighted by Crippen LogP contribution is -1.65. The van der Waals surface area contributed by atoms with Gasteiger partial charge in [0.05, 0.1) is 10.2 Å². The molecule has 52 valence electrons. The van der Waals surface area contributed by atoms with E-state index < -0.39 is 0 Å². The first-order chi connectivity index (χ1) is 4.47. The SMILES string of the molecule is Cl.c1cnc2ccsc2c1. The summed E-state index contributed by atoms with van der Waals surface area (Å²) in [5.74, 6) is 0. The van der Waals surface area contributed by atoms with Crippen molar-refractivity contribution in [1.82, 2.24) is 4.98 Å². The van der Waals surface area contributed by atoms with Crippen LogP contribution in [0.3, 0.4) is 0 Å². The molecule has 0 amide bonds. The maximum Gasteiger partial charge on any atom is 0.0809 e. The van der Waals surface area contributed by atoms with Gasteiger partial charge >= 0.3 is 0 Å². The maximum absolute atomic E-state index is 4.15. The summed E-state index contributed by atoms with van der Waals surface area (Å²) < 4.78 is 1.26. The van der Waals surface area contributed by atoms with Crippen molar-refractivity contribution < 1.29 is 0 Å². The Morgan fingerprint density at radius 3 is 3.00 bits per heavy atom. The second-order valence-corrected chi connectivity index (χ2v) is 2.76. The molecule has 0 aliphatic rings. The molecule has 0 N–H and O–H groups in total. The average molecular weight is 172 g/mol. The van der Waals surface area contributed by atoms with Crippen molar-refractivity contribution in [3.05, 3.63) is 29.8 Å². The van der Waals surface area contributed by atoms with Crippen LogP contribution in [0, 0.1) is 0 Å². The fourth-order valence-electron chi connectivity index (χ4n) is 0.799. The Balaban J connectivity index is 0.000000500. The number of pyridine rings is 1. The van der Waals surface area contributed by atoms with Crippen molar-refractivity contribution in [2.45, 2.75) is 0 Å². The van der Waals surface area contributed by atoms with Gasteiger partial charge in [0, 0.05) is 6.20 Å². The lowest BCUT2D eigenvalue weighted by Gasteiger charge is -1.81. The zero-order valence-electron chi connectivity index (χ0n) is 5.15. The first kappa shape index (κ1) is 7.51. The average Bonchev–Trinajstić information content (AvgIpc) is 2.33. The monoisotopic (exact) mass is 171 g/mol. The third-order valence-corrected chi connectivity index (χ3v) is 2.09. The van der Waals surface area contributed by atoms with E-state index in [-0.39, 0.29) is 12.4 Å². The second-order valence-electron chi connectivity index (χ2n) is 1.81. The van der Waals surface area contributed by atoms with Gasteiger partial charge < -0.3 is 0 Å². The number of hydrogen-bond donors (Lipinski definition) is 0. The third-order valence-electron chi connectivity index (χ3n) is 1.22. The lowest BCUT2D eigenvalue weighted by atomic mass is 10.4. The summed E-state index contributed by atoms with van der Waals surface area (Å²) in [6.45, 7) is 0. The molecule has 0 saturated heterocycles. The molecule has 2 heterocycles. The summed E-state index contributed by atoms with van der Waals surface area (Å²) in [7, 11) is 0. The molecular formula is C7H6ClNS. The van der Waals surface area contributed by atoms with Crippen LogP contribution in [0.15, 0.2) is 29.8 Å². The van der Waals surface area contributed by atoms with Gasteiger partial charge in [-0.3, -0.25) is 4.98 Å². The molecule has 3 heteroatoms. The maximum atomic E-state index is 4.15. The summed E-state index contributed by atoms with van der Waals surface area (Å²) in [5.41, 5.74) is 1.10. The van der Waals surface area contributed by atoms with Crippen LogP contribution in [0.5, 0.6) is 0 Å². The number of fused-ring (bicyclic) bond motifs is 1. The highest BCUT2D eigenvalue weighted by Gasteiger charge is 1.89. The van der Waals surface area contributed by atoms with Gasteiger partial charge in [0.1, 0.15) is 0 Å². The molecule has 0 spiro atoms. The lowest BCUT2D eigenvalue weighted by molar-refractivity contribution is 1.43.